The fourth-order valence-corrected chi connectivity index (χ4v) is 2.80. The average molecular weight is 340 g/mol. The molecule has 0 aliphatic rings. The Labute approximate surface area is 145 Å². The molecule has 0 saturated carbocycles. The number of ether oxygens (including phenoxy) is 1. The summed E-state index contributed by atoms with van der Waals surface area (Å²) in [6.45, 7) is 6.25. The lowest BCUT2D eigenvalue weighted by Crippen LogP contribution is -2.04. The summed E-state index contributed by atoms with van der Waals surface area (Å²) in [5.41, 5.74) is 2.97. The lowest BCUT2D eigenvalue weighted by molar-refractivity contribution is 0.0520. The number of benzene rings is 1. The molecule has 0 unspecified atom stereocenters. The van der Waals surface area contributed by atoms with Gasteiger partial charge in [0.25, 0.3) is 0 Å². The van der Waals surface area contributed by atoms with Crippen LogP contribution < -0.4 is 0 Å². The highest BCUT2D eigenvalue weighted by molar-refractivity contribution is 6.00. The summed E-state index contributed by atoms with van der Waals surface area (Å²) in [4.78, 5) is 15.9. The van der Waals surface area contributed by atoms with Crippen LogP contribution in [0.2, 0.25) is 0 Å². The third kappa shape index (κ3) is 3.13. The molecule has 3 aromatic rings. The minimum Gasteiger partial charge on any atom is -0.461 e. The third-order valence-electron chi connectivity index (χ3n) is 3.97. The van der Waals surface area contributed by atoms with Crippen LogP contribution in [0.4, 0.5) is 0 Å². The number of fused-ring (bicyclic) bond motifs is 1. The van der Waals surface area contributed by atoms with Crippen LogP contribution in [0.5, 0.6) is 0 Å². The second-order valence-electron chi connectivity index (χ2n) is 5.92. The topological polar surface area (TPSA) is 81.6 Å². The monoisotopic (exact) mass is 340 g/mol. The van der Waals surface area contributed by atoms with Gasteiger partial charge in [0.2, 0.25) is 0 Å². The third-order valence-corrected chi connectivity index (χ3v) is 3.97. The maximum atomic E-state index is 11.8. The van der Waals surface area contributed by atoms with Gasteiger partial charge in [0.1, 0.15) is 6.33 Å². The number of hydrogen-bond donors (Lipinski definition) is 1. The van der Waals surface area contributed by atoms with E-state index in [0.29, 0.717) is 6.61 Å². The van der Waals surface area contributed by atoms with Gasteiger partial charge in [-0.25, -0.2) is 9.78 Å². The van der Waals surface area contributed by atoms with Crippen LogP contribution in [-0.4, -0.2) is 38.1 Å². The van der Waals surface area contributed by atoms with Crippen molar-refractivity contribution < 1.29 is 14.7 Å². The van der Waals surface area contributed by atoms with E-state index >= 15 is 0 Å². The molecular formula is C18H20N4O3. The number of carbonyl (C=O) groups is 1. The van der Waals surface area contributed by atoms with Crippen molar-refractivity contribution in [1.29, 1.82) is 0 Å². The highest BCUT2D eigenvalue weighted by Crippen LogP contribution is 2.26. The molecule has 0 aliphatic heterocycles. The van der Waals surface area contributed by atoms with Gasteiger partial charge < -0.3 is 19.1 Å². The standard InChI is InChI=1S/C18H20N4O3/c1-4-25-18(23)16-10-21(11-19-16)14-5-6-17-15(7-14)13(8-20-24)9-22(17)12(2)3/h5-12,24H,4H2,1-3H3/b20-8-. The molecule has 0 fully saturated rings. The molecule has 0 atom stereocenters. The van der Waals surface area contributed by atoms with Gasteiger partial charge in [-0.1, -0.05) is 5.16 Å². The molecule has 25 heavy (non-hydrogen) atoms. The molecule has 7 nitrogen and oxygen atoms in total. The molecule has 0 aliphatic carbocycles. The van der Waals surface area contributed by atoms with Crippen LogP contribution in [0.1, 0.15) is 42.9 Å². The summed E-state index contributed by atoms with van der Waals surface area (Å²) in [6.07, 6.45) is 6.59. The Bertz CT molecular complexity index is 937. The van der Waals surface area contributed by atoms with E-state index in [2.05, 4.69) is 28.6 Å². The van der Waals surface area contributed by atoms with Crippen molar-refractivity contribution in [1.82, 2.24) is 14.1 Å². The number of esters is 1. The SMILES string of the molecule is CCOC(=O)c1cn(-c2ccc3c(c2)c(/C=N\O)cn3C(C)C)cn1. The summed E-state index contributed by atoms with van der Waals surface area (Å²) < 4.78 is 8.85. The molecular weight excluding hydrogens is 320 g/mol. The largest absolute Gasteiger partial charge is 0.461 e. The Kier molecular flexibility index (Phi) is 4.56. The van der Waals surface area contributed by atoms with E-state index in [1.807, 2.05) is 24.4 Å². The first kappa shape index (κ1) is 16.8. The van der Waals surface area contributed by atoms with E-state index in [4.69, 9.17) is 9.94 Å². The quantitative estimate of drug-likeness (QED) is 0.334. The predicted octanol–water partition coefficient (Wildman–Crippen LogP) is 3.39. The van der Waals surface area contributed by atoms with Gasteiger partial charge in [0.15, 0.2) is 5.69 Å². The molecule has 1 N–H and O–H groups in total. The number of aromatic nitrogens is 3. The number of imidazole rings is 1. The zero-order valence-electron chi connectivity index (χ0n) is 14.4. The summed E-state index contributed by atoms with van der Waals surface area (Å²) in [7, 11) is 0. The molecule has 0 spiro atoms. The molecule has 1 aromatic carbocycles. The van der Waals surface area contributed by atoms with E-state index in [9.17, 15) is 4.79 Å². The van der Waals surface area contributed by atoms with Gasteiger partial charge in [-0.3, -0.25) is 0 Å². The number of rotatable bonds is 5. The average Bonchev–Trinajstić information content (AvgIpc) is 3.20. The highest BCUT2D eigenvalue weighted by Gasteiger charge is 2.13. The van der Waals surface area contributed by atoms with E-state index in [0.717, 1.165) is 22.2 Å². The maximum Gasteiger partial charge on any atom is 0.358 e. The zero-order chi connectivity index (χ0) is 18.0. The van der Waals surface area contributed by atoms with Crippen molar-refractivity contribution in [3.8, 4) is 5.69 Å². The van der Waals surface area contributed by atoms with E-state index in [1.165, 1.54) is 6.21 Å². The molecule has 3 rings (SSSR count). The van der Waals surface area contributed by atoms with Crippen molar-refractivity contribution in [2.45, 2.75) is 26.8 Å². The maximum absolute atomic E-state index is 11.8. The van der Waals surface area contributed by atoms with Crippen molar-refractivity contribution in [3.05, 3.63) is 48.2 Å². The zero-order valence-corrected chi connectivity index (χ0v) is 14.4. The summed E-state index contributed by atoms with van der Waals surface area (Å²) >= 11 is 0. The van der Waals surface area contributed by atoms with Gasteiger partial charge in [-0.05, 0) is 39.0 Å². The molecule has 2 aromatic heterocycles. The van der Waals surface area contributed by atoms with Gasteiger partial charge in [-0.15, -0.1) is 0 Å². The van der Waals surface area contributed by atoms with Crippen LogP contribution in [0.25, 0.3) is 16.6 Å². The first-order valence-corrected chi connectivity index (χ1v) is 8.08. The Morgan fingerprint density at radius 3 is 2.88 bits per heavy atom. The lowest BCUT2D eigenvalue weighted by atomic mass is 10.1. The van der Waals surface area contributed by atoms with Gasteiger partial charge in [0, 0.05) is 40.6 Å². The van der Waals surface area contributed by atoms with Crippen LogP contribution in [-0.2, 0) is 4.74 Å². The van der Waals surface area contributed by atoms with Crippen LogP contribution >= 0.6 is 0 Å². The summed E-state index contributed by atoms with van der Waals surface area (Å²) in [5.74, 6) is -0.443. The lowest BCUT2D eigenvalue weighted by Gasteiger charge is -2.09. The smallest absolute Gasteiger partial charge is 0.358 e. The fourth-order valence-electron chi connectivity index (χ4n) is 2.80. The minimum absolute atomic E-state index is 0.263. The Morgan fingerprint density at radius 2 is 2.20 bits per heavy atom. The number of nitrogens with zero attached hydrogens (tertiary/aromatic N) is 4. The summed E-state index contributed by atoms with van der Waals surface area (Å²) in [6, 6.07) is 6.21. The molecule has 2 heterocycles. The molecule has 7 heteroatoms. The molecule has 130 valence electrons. The Morgan fingerprint density at radius 1 is 1.40 bits per heavy atom. The second-order valence-corrected chi connectivity index (χ2v) is 5.92. The second kappa shape index (κ2) is 6.80. The van der Waals surface area contributed by atoms with Gasteiger partial charge in [0.05, 0.1) is 12.8 Å². The van der Waals surface area contributed by atoms with Crippen molar-refractivity contribution >= 4 is 23.1 Å². The van der Waals surface area contributed by atoms with Crippen LogP contribution in [0.15, 0.2) is 42.1 Å². The van der Waals surface area contributed by atoms with Gasteiger partial charge in [-0.2, -0.15) is 0 Å². The highest BCUT2D eigenvalue weighted by atomic mass is 16.5. The van der Waals surface area contributed by atoms with E-state index < -0.39 is 5.97 Å². The van der Waals surface area contributed by atoms with E-state index in [1.54, 1.807) is 24.0 Å². The normalized spacial score (nSPS) is 11.7. The van der Waals surface area contributed by atoms with Gasteiger partial charge >= 0.3 is 5.97 Å². The number of carbonyl (C=O) groups excluding carboxylic acids is 1. The predicted molar refractivity (Wildman–Crippen MR) is 94.8 cm³/mol. The molecule has 0 radical (unpaired) electrons. The minimum atomic E-state index is -0.443. The molecule has 0 amide bonds. The van der Waals surface area contributed by atoms with Crippen LogP contribution in [0, 0.1) is 0 Å². The Hall–Kier alpha value is -3.09. The van der Waals surface area contributed by atoms with Crippen molar-refractivity contribution in [3.63, 3.8) is 0 Å². The Balaban J connectivity index is 2.06. The van der Waals surface area contributed by atoms with E-state index in [-0.39, 0.29) is 11.7 Å². The first-order chi connectivity index (χ1) is 12.0. The van der Waals surface area contributed by atoms with Crippen LogP contribution in [0.3, 0.4) is 0 Å². The first-order valence-electron chi connectivity index (χ1n) is 8.08. The van der Waals surface area contributed by atoms with Crippen molar-refractivity contribution in [2.75, 3.05) is 6.61 Å². The summed E-state index contributed by atoms with van der Waals surface area (Å²) in [5, 5.41) is 13.0. The fraction of sp³-hybridized carbons (Fsp3) is 0.278. The number of hydrogen-bond acceptors (Lipinski definition) is 5. The van der Waals surface area contributed by atoms with Crippen molar-refractivity contribution in [2.24, 2.45) is 5.16 Å². The molecule has 0 bridgehead atoms. The molecule has 0 saturated heterocycles. The number of oxime groups is 1.